The molecule has 29 heavy (non-hydrogen) atoms. The second-order valence-corrected chi connectivity index (χ2v) is 9.56. The van der Waals surface area contributed by atoms with Crippen molar-refractivity contribution in [1.82, 2.24) is 14.3 Å². The minimum Gasteiger partial charge on any atom is -0.313 e. The predicted molar refractivity (Wildman–Crippen MR) is 108 cm³/mol. The fourth-order valence-corrected chi connectivity index (χ4v) is 5.32. The highest BCUT2D eigenvalue weighted by molar-refractivity contribution is 7.92. The summed E-state index contributed by atoms with van der Waals surface area (Å²) in [5.41, 5.74) is 1.42. The Balaban J connectivity index is 1.65. The maximum Gasteiger partial charge on any atom is 0.250 e. The number of aryl methyl sites for hydroxylation is 1. The number of hydrogen-bond donors (Lipinski definition) is 0. The monoisotopic (exact) mass is 415 g/mol. The molecule has 1 saturated carbocycles. The summed E-state index contributed by atoms with van der Waals surface area (Å²) in [4.78, 5) is 11.9. The number of nitrogens with zero attached hydrogens (tertiary/aromatic N) is 3. The van der Waals surface area contributed by atoms with E-state index in [2.05, 4.69) is 5.10 Å². The first-order chi connectivity index (χ1) is 13.9. The largest absolute Gasteiger partial charge is 0.313 e. The summed E-state index contributed by atoms with van der Waals surface area (Å²) in [7, 11) is -3.47. The first-order valence-corrected chi connectivity index (χ1v) is 11.2. The highest BCUT2D eigenvalue weighted by Gasteiger charge is 2.33. The van der Waals surface area contributed by atoms with Crippen LogP contribution >= 0.6 is 0 Å². The van der Waals surface area contributed by atoms with Crippen LogP contribution in [0.25, 0.3) is 16.8 Å². The molecule has 0 N–H and O–H groups in total. The maximum absolute atomic E-state index is 14.7. The van der Waals surface area contributed by atoms with Gasteiger partial charge in [-0.1, -0.05) is 19.4 Å². The summed E-state index contributed by atoms with van der Waals surface area (Å²) in [6, 6.07) is 7.19. The van der Waals surface area contributed by atoms with E-state index < -0.39 is 20.9 Å². The minimum absolute atomic E-state index is 0.0301. The molecule has 0 amide bonds. The molecule has 2 heterocycles. The number of pyridine rings is 1. The van der Waals surface area contributed by atoms with Gasteiger partial charge in [-0.25, -0.2) is 17.5 Å². The van der Waals surface area contributed by atoms with Crippen LogP contribution in [0.15, 0.2) is 58.6 Å². The number of benzene rings is 1. The van der Waals surface area contributed by atoms with Crippen molar-refractivity contribution < 1.29 is 12.8 Å². The van der Waals surface area contributed by atoms with Crippen LogP contribution in [0.4, 0.5) is 4.39 Å². The molecule has 0 atom stereocenters. The maximum atomic E-state index is 14.7. The van der Waals surface area contributed by atoms with Crippen LogP contribution in [0, 0.1) is 5.82 Å². The average Bonchev–Trinajstić information content (AvgIpc) is 3.11. The lowest BCUT2D eigenvalue weighted by Crippen LogP contribution is -2.28. The molecule has 1 fully saturated rings. The van der Waals surface area contributed by atoms with Gasteiger partial charge in [0.15, 0.2) is 9.84 Å². The van der Waals surface area contributed by atoms with E-state index in [1.165, 1.54) is 24.4 Å². The fraction of sp³-hybridized carbons (Fsp3) is 0.333. The van der Waals surface area contributed by atoms with Gasteiger partial charge in [0.2, 0.25) is 0 Å². The topological polar surface area (TPSA) is 74.0 Å². The number of aromatic nitrogens is 3. The highest BCUT2D eigenvalue weighted by Crippen LogP contribution is 2.33. The van der Waals surface area contributed by atoms with Crippen LogP contribution in [-0.2, 0) is 16.4 Å². The zero-order valence-electron chi connectivity index (χ0n) is 16.1. The van der Waals surface area contributed by atoms with Crippen LogP contribution in [0.5, 0.6) is 0 Å². The molecule has 2 aromatic heterocycles. The van der Waals surface area contributed by atoms with Gasteiger partial charge < -0.3 is 4.57 Å². The van der Waals surface area contributed by atoms with Crippen molar-refractivity contribution in [2.24, 2.45) is 0 Å². The molecule has 0 bridgehead atoms. The number of halogens is 1. The molecule has 8 heteroatoms. The molecule has 1 aromatic carbocycles. The molecule has 3 aromatic rings. The zero-order valence-corrected chi connectivity index (χ0v) is 16.9. The first-order valence-electron chi connectivity index (χ1n) is 9.69. The molecule has 0 unspecified atom stereocenters. The minimum atomic E-state index is -3.47. The molecule has 0 radical (unpaired) electrons. The first kappa shape index (κ1) is 19.6. The van der Waals surface area contributed by atoms with Gasteiger partial charge >= 0.3 is 0 Å². The lowest BCUT2D eigenvalue weighted by Gasteiger charge is -2.25. The van der Waals surface area contributed by atoms with Gasteiger partial charge in [0.25, 0.3) is 5.56 Å². The van der Waals surface area contributed by atoms with Crippen molar-refractivity contribution in [3.05, 3.63) is 65.1 Å². The van der Waals surface area contributed by atoms with Crippen molar-refractivity contribution in [2.75, 3.05) is 0 Å². The van der Waals surface area contributed by atoms with E-state index in [1.54, 1.807) is 27.7 Å². The van der Waals surface area contributed by atoms with Crippen LogP contribution in [-0.4, -0.2) is 28.0 Å². The Morgan fingerprint density at radius 1 is 1.17 bits per heavy atom. The summed E-state index contributed by atoms with van der Waals surface area (Å²) in [5.74, 6) is -0.596. The summed E-state index contributed by atoms with van der Waals surface area (Å²) in [6.07, 6.45) is 7.90. The number of rotatable bonds is 6. The van der Waals surface area contributed by atoms with Crippen molar-refractivity contribution in [3.8, 4) is 16.8 Å². The van der Waals surface area contributed by atoms with Gasteiger partial charge in [-0.05, 0) is 37.5 Å². The molecule has 0 spiro atoms. The van der Waals surface area contributed by atoms with Gasteiger partial charge in [0, 0.05) is 36.1 Å². The summed E-state index contributed by atoms with van der Waals surface area (Å²) >= 11 is 0. The van der Waals surface area contributed by atoms with Gasteiger partial charge in [-0.15, -0.1) is 0 Å². The lowest BCUT2D eigenvalue weighted by molar-refractivity contribution is 0.476. The van der Waals surface area contributed by atoms with Gasteiger partial charge in [0.05, 0.1) is 22.0 Å². The van der Waals surface area contributed by atoms with Gasteiger partial charge in [0.1, 0.15) is 5.82 Å². The van der Waals surface area contributed by atoms with Crippen LogP contribution in [0.3, 0.4) is 0 Å². The van der Waals surface area contributed by atoms with E-state index >= 15 is 0 Å². The molecule has 1 aliphatic carbocycles. The molecule has 152 valence electrons. The van der Waals surface area contributed by atoms with E-state index in [0.717, 1.165) is 18.9 Å². The Labute approximate surface area is 168 Å². The molecular formula is C21H22FN3O3S. The number of hydrogen-bond acceptors (Lipinski definition) is 4. The van der Waals surface area contributed by atoms with E-state index in [4.69, 9.17) is 0 Å². The van der Waals surface area contributed by atoms with Crippen LogP contribution in [0.1, 0.15) is 32.6 Å². The van der Waals surface area contributed by atoms with Gasteiger partial charge in [-0.2, -0.15) is 5.10 Å². The normalized spacial score (nSPS) is 14.7. The van der Waals surface area contributed by atoms with E-state index in [1.807, 2.05) is 6.92 Å². The average molecular weight is 415 g/mol. The summed E-state index contributed by atoms with van der Waals surface area (Å²) in [6.45, 7) is 2.59. The Hall–Kier alpha value is -2.74. The summed E-state index contributed by atoms with van der Waals surface area (Å²) in [5, 5.41) is 3.88. The van der Waals surface area contributed by atoms with E-state index in [0.29, 0.717) is 30.6 Å². The third-order valence-corrected chi connectivity index (χ3v) is 7.61. The quantitative estimate of drug-likeness (QED) is 0.617. The Kier molecular flexibility index (Phi) is 5.12. The van der Waals surface area contributed by atoms with Crippen molar-refractivity contribution in [3.63, 3.8) is 0 Å². The van der Waals surface area contributed by atoms with Crippen LogP contribution < -0.4 is 5.56 Å². The Bertz CT molecular complexity index is 1210. The molecular weight excluding hydrogens is 393 g/mol. The van der Waals surface area contributed by atoms with E-state index in [9.17, 15) is 17.6 Å². The molecule has 0 aliphatic heterocycles. The second kappa shape index (κ2) is 7.59. The smallest absolute Gasteiger partial charge is 0.250 e. The molecule has 6 nitrogen and oxygen atoms in total. The lowest BCUT2D eigenvalue weighted by atomic mass is 10.00. The van der Waals surface area contributed by atoms with Crippen molar-refractivity contribution in [2.45, 2.75) is 49.3 Å². The third kappa shape index (κ3) is 3.64. The third-order valence-electron chi connectivity index (χ3n) is 5.35. The Morgan fingerprint density at radius 3 is 2.62 bits per heavy atom. The van der Waals surface area contributed by atoms with Crippen molar-refractivity contribution in [1.29, 1.82) is 0 Å². The van der Waals surface area contributed by atoms with E-state index in [-0.39, 0.29) is 16.0 Å². The molecule has 4 rings (SSSR count). The zero-order chi connectivity index (χ0) is 20.6. The SMILES string of the molecule is CCCn1cc(-n2cc(-c3ccc(S(=O)(=O)C4CCC4)cc3F)cn2)ccc1=O. The van der Waals surface area contributed by atoms with Gasteiger partial charge in [-0.3, -0.25) is 4.79 Å². The second-order valence-electron chi connectivity index (χ2n) is 7.33. The Morgan fingerprint density at radius 2 is 1.97 bits per heavy atom. The predicted octanol–water partition coefficient (Wildman–Crippen LogP) is 3.58. The van der Waals surface area contributed by atoms with Crippen molar-refractivity contribution >= 4 is 9.84 Å². The molecule has 1 aliphatic rings. The fourth-order valence-electron chi connectivity index (χ4n) is 3.45. The standard InChI is InChI=1S/C21H22FN3O3S/c1-2-10-24-14-16(6-9-21(24)26)25-13-15(12-23-25)19-8-7-18(11-20(19)22)29(27,28)17-4-3-5-17/h6-9,11-14,17H,2-5,10H2,1H3. The summed E-state index contributed by atoms with van der Waals surface area (Å²) < 4.78 is 42.9. The molecule has 0 saturated heterocycles. The number of sulfone groups is 1. The highest BCUT2D eigenvalue weighted by atomic mass is 32.2. The van der Waals surface area contributed by atoms with Crippen LogP contribution in [0.2, 0.25) is 0 Å².